The minimum absolute atomic E-state index is 0.184. The zero-order valence-electron chi connectivity index (χ0n) is 8.84. The highest BCUT2D eigenvalue weighted by Crippen LogP contribution is 2.24. The molecular formula is C13H12O2S. The fourth-order valence-electron chi connectivity index (χ4n) is 1.66. The summed E-state index contributed by atoms with van der Waals surface area (Å²) < 4.78 is 0. The number of hydrogen-bond donors (Lipinski definition) is 2. The Kier molecular flexibility index (Phi) is 2.88. The first kappa shape index (κ1) is 11.0. The van der Waals surface area contributed by atoms with Gasteiger partial charge >= 0.3 is 5.97 Å². The number of benzene rings is 2. The van der Waals surface area contributed by atoms with E-state index in [0.29, 0.717) is 5.56 Å². The molecule has 0 aliphatic carbocycles. The first-order valence-corrected chi connectivity index (χ1v) is 5.54. The summed E-state index contributed by atoms with van der Waals surface area (Å²) in [5.41, 5.74) is 1.46. The number of aromatic carboxylic acids is 1. The number of carboxylic acids is 1. The molecule has 2 nitrogen and oxygen atoms in total. The fraction of sp³-hybridized carbons (Fsp3) is 0.154. The zero-order valence-corrected chi connectivity index (χ0v) is 9.74. The van der Waals surface area contributed by atoms with E-state index in [1.165, 1.54) is 0 Å². The molecule has 1 atom stereocenters. The van der Waals surface area contributed by atoms with Gasteiger partial charge in [-0.25, -0.2) is 4.79 Å². The van der Waals surface area contributed by atoms with Crippen molar-refractivity contribution < 1.29 is 9.90 Å². The van der Waals surface area contributed by atoms with Crippen molar-refractivity contribution in [1.82, 2.24) is 0 Å². The molecule has 3 heteroatoms. The van der Waals surface area contributed by atoms with E-state index in [0.717, 1.165) is 16.3 Å². The predicted molar refractivity (Wildman–Crippen MR) is 68.3 cm³/mol. The molecule has 1 N–H and O–H groups in total. The number of fused-ring (bicyclic) bond motifs is 1. The molecule has 0 amide bonds. The molecular weight excluding hydrogens is 220 g/mol. The maximum Gasteiger partial charge on any atom is 0.335 e. The van der Waals surface area contributed by atoms with Crippen LogP contribution in [0.3, 0.4) is 0 Å². The van der Waals surface area contributed by atoms with E-state index < -0.39 is 5.97 Å². The first-order chi connectivity index (χ1) is 7.58. The Bertz CT molecular complexity index is 547. The van der Waals surface area contributed by atoms with Crippen LogP contribution in [-0.4, -0.2) is 11.1 Å². The van der Waals surface area contributed by atoms with Crippen LogP contribution in [0.5, 0.6) is 0 Å². The summed E-state index contributed by atoms with van der Waals surface area (Å²) in [6.07, 6.45) is 0. The number of thiol groups is 1. The van der Waals surface area contributed by atoms with Crippen molar-refractivity contribution >= 4 is 29.4 Å². The Morgan fingerprint density at radius 3 is 2.44 bits per heavy atom. The SMILES string of the molecule is CC(S)c1ccc2cc(C(=O)O)ccc2c1. The van der Waals surface area contributed by atoms with E-state index in [9.17, 15) is 4.79 Å². The number of carboxylic acid groups (broad SMARTS) is 1. The highest BCUT2D eigenvalue weighted by atomic mass is 32.1. The molecule has 2 rings (SSSR count). The maximum atomic E-state index is 10.8. The van der Waals surface area contributed by atoms with Gasteiger partial charge in [0, 0.05) is 5.25 Å². The summed E-state index contributed by atoms with van der Waals surface area (Å²) in [5, 5.41) is 11.0. The highest BCUT2D eigenvalue weighted by molar-refractivity contribution is 7.80. The number of hydrogen-bond acceptors (Lipinski definition) is 2. The van der Waals surface area contributed by atoms with Gasteiger partial charge in [-0.1, -0.05) is 24.3 Å². The standard InChI is InChI=1S/C13H12O2S/c1-8(16)9-2-3-11-7-12(13(14)15)5-4-10(11)6-9/h2-8,16H,1H3,(H,14,15). The van der Waals surface area contributed by atoms with Gasteiger partial charge in [0.2, 0.25) is 0 Å². The maximum absolute atomic E-state index is 10.8. The van der Waals surface area contributed by atoms with Gasteiger partial charge in [-0.05, 0) is 35.4 Å². The van der Waals surface area contributed by atoms with Crippen molar-refractivity contribution in [2.45, 2.75) is 12.2 Å². The molecule has 0 fully saturated rings. The quantitative estimate of drug-likeness (QED) is 0.777. The van der Waals surface area contributed by atoms with Crippen LogP contribution < -0.4 is 0 Å². The van der Waals surface area contributed by atoms with E-state index in [-0.39, 0.29) is 5.25 Å². The molecule has 0 aliphatic heterocycles. The van der Waals surface area contributed by atoms with E-state index in [2.05, 4.69) is 12.6 Å². The van der Waals surface area contributed by atoms with Crippen molar-refractivity contribution in [3.05, 3.63) is 47.5 Å². The average Bonchev–Trinajstić information content (AvgIpc) is 2.27. The van der Waals surface area contributed by atoms with Gasteiger partial charge in [0.05, 0.1) is 5.56 Å². The second kappa shape index (κ2) is 4.18. The van der Waals surface area contributed by atoms with Crippen LogP contribution in [0.2, 0.25) is 0 Å². The number of carbonyl (C=O) groups is 1. The van der Waals surface area contributed by atoms with Crippen LogP contribution in [0.25, 0.3) is 10.8 Å². The molecule has 82 valence electrons. The van der Waals surface area contributed by atoms with E-state index in [1.54, 1.807) is 12.1 Å². The van der Waals surface area contributed by atoms with Crippen molar-refractivity contribution in [1.29, 1.82) is 0 Å². The zero-order chi connectivity index (χ0) is 11.7. The van der Waals surface area contributed by atoms with Crippen LogP contribution in [0.4, 0.5) is 0 Å². The Morgan fingerprint density at radius 1 is 1.19 bits per heavy atom. The minimum Gasteiger partial charge on any atom is -0.478 e. The molecule has 0 radical (unpaired) electrons. The third kappa shape index (κ3) is 2.04. The highest BCUT2D eigenvalue weighted by Gasteiger charge is 2.05. The van der Waals surface area contributed by atoms with E-state index >= 15 is 0 Å². The molecule has 0 aliphatic rings. The van der Waals surface area contributed by atoms with Crippen molar-refractivity contribution in [3.8, 4) is 0 Å². The first-order valence-electron chi connectivity index (χ1n) is 5.03. The lowest BCUT2D eigenvalue weighted by Gasteiger charge is -2.06. The molecule has 0 saturated heterocycles. The average molecular weight is 232 g/mol. The molecule has 2 aromatic carbocycles. The second-order valence-corrected chi connectivity index (χ2v) is 4.58. The van der Waals surface area contributed by atoms with Crippen LogP contribution in [-0.2, 0) is 0 Å². The van der Waals surface area contributed by atoms with E-state index in [1.807, 2.05) is 31.2 Å². The van der Waals surface area contributed by atoms with Crippen molar-refractivity contribution in [2.75, 3.05) is 0 Å². The largest absolute Gasteiger partial charge is 0.478 e. The molecule has 1 unspecified atom stereocenters. The Hall–Kier alpha value is -1.48. The van der Waals surface area contributed by atoms with E-state index in [4.69, 9.17) is 5.11 Å². The second-order valence-electron chi connectivity index (χ2n) is 3.80. The lowest BCUT2D eigenvalue weighted by molar-refractivity contribution is 0.0697. The minimum atomic E-state index is -0.895. The van der Waals surface area contributed by atoms with Gasteiger partial charge in [0.15, 0.2) is 0 Å². The van der Waals surface area contributed by atoms with Crippen LogP contribution in [0.15, 0.2) is 36.4 Å². The summed E-state index contributed by atoms with van der Waals surface area (Å²) in [7, 11) is 0. The summed E-state index contributed by atoms with van der Waals surface area (Å²) >= 11 is 4.37. The third-order valence-electron chi connectivity index (χ3n) is 2.59. The monoisotopic (exact) mass is 232 g/mol. The Balaban J connectivity index is 2.57. The third-order valence-corrected chi connectivity index (χ3v) is 2.89. The van der Waals surface area contributed by atoms with Gasteiger partial charge in [0.1, 0.15) is 0 Å². The molecule has 0 spiro atoms. The molecule has 16 heavy (non-hydrogen) atoms. The fourth-order valence-corrected chi connectivity index (χ4v) is 1.82. The van der Waals surface area contributed by atoms with Gasteiger partial charge in [-0.3, -0.25) is 0 Å². The van der Waals surface area contributed by atoms with Crippen LogP contribution in [0, 0.1) is 0 Å². The lowest BCUT2D eigenvalue weighted by atomic mass is 10.0. The topological polar surface area (TPSA) is 37.3 Å². The van der Waals surface area contributed by atoms with Crippen molar-refractivity contribution in [3.63, 3.8) is 0 Å². The molecule has 2 aromatic rings. The normalized spacial score (nSPS) is 12.6. The Morgan fingerprint density at radius 2 is 1.81 bits per heavy atom. The lowest BCUT2D eigenvalue weighted by Crippen LogP contribution is -1.95. The predicted octanol–water partition coefficient (Wildman–Crippen LogP) is 3.53. The molecule has 0 aromatic heterocycles. The van der Waals surface area contributed by atoms with Crippen LogP contribution >= 0.6 is 12.6 Å². The van der Waals surface area contributed by atoms with Gasteiger partial charge < -0.3 is 5.11 Å². The smallest absolute Gasteiger partial charge is 0.335 e. The summed E-state index contributed by atoms with van der Waals surface area (Å²) in [4.78, 5) is 10.8. The summed E-state index contributed by atoms with van der Waals surface area (Å²) in [6, 6.07) is 11.1. The van der Waals surface area contributed by atoms with Gasteiger partial charge in [-0.2, -0.15) is 12.6 Å². The molecule has 0 saturated carbocycles. The van der Waals surface area contributed by atoms with Crippen LogP contribution in [0.1, 0.15) is 28.1 Å². The van der Waals surface area contributed by atoms with Gasteiger partial charge in [0.25, 0.3) is 0 Å². The number of rotatable bonds is 2. The Labute approximate surface area is 99.3 Å². The molecule has 0 bridgehead atoms. The van der Waals surface area contributed by atoms with Gasteiger partial charge in [-0.15, -0.1) is 0 Å². The van der Waals surface area contributed by atoms with Crippen molar-refractivity contribution in [2.24, 2.45) is 0 Å². The summed E-state index contributed by atoms with van der Waals surface area (Å²) in [6.45, 7) is 2.01. The summed E-state index contributed by atoms with van der Waals surface area (Å²) in [5.74, 6) is -0.895. The molecule has 0 heterocycles.